The number of amides is 1. The van der Waals surface area contributed by atoms with Gasteiger partial charge in [0, 0.05) is 17.5 Å². The molecule has 1 amide bonds. The Morgan fingerprint density at radius 3 is 2.88 bits per heavy atom. The number of azide groups is 1. The van der Waals surface area contributed by atoms with Crippen LogP contribution in [0.1, 0.15) is 16.6 Å². The summed E-state index contributed by atoms with van der Waals surface area (Å²) in [5.74, 6) is -1.39. The standard InChI is InChI=1S/C12H16N5O7P/c13-11(19)7-2-1-3-17(5-7)12-8(4-15-16-14)10(18)9(24-12)6-23-25(20,21)22/h1-3,5,8-10,12,18H,4,6H2,(H3-,13,19,20,21,22)/p+1/t8-,9-,10+,12-/m1/s1. The van der Waals surface area contributed by atoms with E-state index < -0.39 is 44.7 Å². The van der Waals surface area contributed by atoms with Crippen LogP contribution in [-0.4, -0.2) is 46.2 Å². The molecular weight excluding hydrogens is 357 g/mol. The molecule has 0 radical (unpaired) electrons. The molecule has 1 aromatic rings. The quantitative estimate of drug-likeness (QED) is 0.160. The van der Waals surface area contributed by atoms with Gasteiger partial charge in [-0.25, -0.2) is 4.57 Å². The number of rotatable bonds is 7. The van der Waals surface area contributed by atoms with Gasteiger partial charge in [0.15, 0.2) is 12.4 Å². The number of phosphoric acid groups is 1. The Hall–Kier alpha value is -2.04. The molecule has 0 spiro atoms. The van der Waals surface area contributed by atoms with E-state index in [1.54, 1.807) is 12.3 Å². The van der Waals surface area contributed by atoms with Gasteiger partial charge >= 0.3 is 7.82 Å². The number of hydrogen-bond acceptors (Lipinski definition) is 6. The number of nitrogens with zero attached hydrogens (tertiary/aromatic N) is 4. The van der Waals surface area contributed by atoms with Crippen LogP contribution in [0.5, 0.6) is 0 Å². The van der Waals surface area contributed by atoms with Crippen LogP contribution in [0.2, 0.25) is 0 Å². The largest absolute Gasteiger partial charge is 0.469 e. The minimum Gasteiger partial charge on any atom is -0.390 e. The Kier molecular flexibility index (Phi) is 6.09. The second-order valence-electron chi connectivity index (χ2n) is 5.32. The lowest BCUT2D eigenvalue weighted by Crippen LogP contribution is -2.44. The van der Waals surface area contributed by atoms with Crippen molar-refractivity contribution >= 4 is 13.7 Å². The van der Waals surface area contributed by atoms with Crippen molar-refractivity contribution in [3.05, 3.63) is 40.5 Å². The Balaban J connectivity index is 2.27. The number of aliphatic hydroxyl groups excluding tert-OH is 1. The van der Waals surface area contributed by atoms with Gasteiger partial charge < -0.3 is 25.4 Å². The van der Waals surface area contributed by atoms with Crippen LogP contribution in [0.3, 0.4) is 0 Å². The molecule has 25 heavy (non-hydrogen) atoms. The van der Waals surface area contributed by atoms with Gasteiger partial charge in [0.25, 0.3) is 12.1 Å². The average Bonchev–Trinajstić information content (AvgIpc) is 2.86. The highest BCUT2D eigenvalue weighted by atomic mass is 31.2. The van der Waals surface area contributed by atoms with Crippen LogP contribution in [0.15, 0.2) is 29.6 Å². The molecule has 2 rings (SSSR count). The van der Waals surface area contributed by atoms with E-state index >= 15 is 0 Å². The molecule has 136 valence electrons. The summed E-state index contributed by atoms with van der Waals surface area (Å²) in [5.41, 5.74) is 13.9. The summed E-state index contributed by atoms with van der Waals surface area (Å²) in [5, 5.41) is 13.8. The van der Waals surface area contributed by atoms with Crippen molar-refractivity contribution in [1.82, 2.24) is 0 Å². The number of hydrogen-bond donors (Lipinski definition) is 4. The zero-order valence-corrected chi connectivity index (χ0v) is 13.7. The first-order valence-electron chi connectivity index (χ1n) is 7.08. The van der Waals surface area contributed by atoms with Crippen LogP contribution in [0, 0.1) is 5.92 Å². The summed E-state index contributed by atoms with van der Waals surface area (Å²) in [7, 11) is -4.74. The summed E-state index contributed by atoms with van der Waals surface area (Å²) < 4.78 is 22.3. The van der Waals surface area contributed by atoms with E-state index in [2.05, 4.69) is 14.5 Å². The lowest BCUT2D eigenvalue weighted by atomic mass is 10.00. The van der Waals surface area contributed by atoms with Crippen molar-refractivity contribution in [3.8, 4) is 0 Å². The van der Waals surface area contributed by atoms with Gasteiger partial charge in [0.1, 0.15) is 11.7 Å². The number of aliphatic hydroxyl groups is 1. The summed E-state index contributed by atoms with van der Waals surface area (Å²) in [4.78, 5) is 31.5. The highest BCUT2D eigenvalue weighted by molar-refractivity contribution is 7.46. The number of primary amides is 1. The SMILES string of the molecule is [N-]=[N+]=NC[C@@H]1[C@H](O)[C@@H](COP(=O)(O)O)O[C@H]1[n+]1cccc(C(N)=O)c1. The molecule has 0 saturated carbocycles. The Morgan fingerprint density at radius 1 is 1.56 bits per heavy atom. The molecule has 4 atom stereocenters. The molecule has 13 heteroatoms. The highest BCUT2D eigenvalue weighted by Crippen LogP contribution is 2.39. The number of phosphoric ester groups is 1. The number of nitrogens with two attached hydrogens (primary N) is 1. The maximum atomic E-state index is 11.3. The van der Waals surface area contributed by atoms with Gasteiger partial charge in [-0.2, -0.15) is 4.57 Å². The van der Waals surface area contributed by atoms with E-state index in [-0.39, 0.29) is 12.1 Å². The van der Waals surface area contributed by atoms with E-state index in [4.69, 9.17) is 25.8 Å². The van der Waals surface area contributed by atoms with Crippen molar-refractivity contribution in [3.63, 3.8) is 0 Å². The van der Waals surface area contributed by atoms with Crippen LogP contribution in [0.25, 0.3) is 10.4 Å². The number of carbonyl (C=O) groups excluding carboxylic acids is 1. The molecular formula is C12H17N5O7P+. The van der Waals surface area contributed by atoms with E-state index in [9.17, 15) is 14.5 Å². The smallest absolute Gasteiger partial charge is 0.390 e. The highest BCUT2D eigenvalue weighted by Gasteiger charge is 2.49. The Labute approximate surface area is 141 Å². The van der Waals surface area contributed by atoms with E-state index in [0.29, 0.717) is 0 Å². The summed E-state index contributed by atoms with van der Waals surface area (Å²) in [6.45, 7) is -0.701. The number of aromatic nitrogens is 1. The summed E-state index contributed by atoms with van der Waals surface area (Å²) in [6, 6.07) is 3.03. The second-order valence-corrected chi connectivity index (χ2v) is 6.56. The fourth-order valence-electron chi connectivity index (χ4n) is 2.53. The minimum absolute atomic E-state index is 0.136. The number of pyridine rings is 1. The van der Waals surface area contributed by atoms with E-state index in [0.717, 1.165) is 0 Å². The first-order chi connectivity index (χ1) is 11.7. The molecule has 0 aliphatic carbocycles. The molecule has 1 aromatic heterocycles. The molecule has 5 N–H and O–H groups in total. The average molecular weight is 374 g/mol. The van der Waals surface area contributed by atoms with Gasteiger partial charge in [-0.3, -0.25) is 9.32 Å². The maximum Gasteiger partial charge on any atom is 0.469 e. The van der Waals surface area contributed by atoms with Crippen molar-refractivity contribution in [2.75, 3.05) is 13.2 Å². The first kappa shape index (κ1) is 19.3. The molecule has 1 fully saturated rings. The summed E-state index contributed by atoms with van der Waals surface area (Å²) >= 11 is 0. The van der Waals surface area contributed by atoms with E-state index in [1.807, 2.05) is 0 Å². The van der Waals surface area contributed by atoms with Crippen molar-refractivity contribution in [2.45, 2.75) is 18.4 Å². The zero-order valence-electron chi connectivity index (χ0n) is 12.8. The third-order valence-electron chi connectivity index (χ3n) is 3.66. The maximum absolute atomic E-state index is 11.3. The van der Waals surface area contributed by atoms with E-state index in [1.165, 1.54) is 16.8 Å². The van der Waals surface area contributed by atoms with Crippen LogP contribution in [-0.2, 0) is 13.8 Å². The first-order valence-corrected chi connectivity index (χ1v) is 8.61. The molecule has 2 heterocycles. The monoisotopic (exact) mass is 374 g/mol. The summed E-state index contributed by atoms with van der Waals surface area (Å²) in [6.07, 6.45) is -0.188. The zero-order chi connectivity index (χ0) is 18.6. The third-order valence-corrected chi connectivity index (χ3v) is 4.15. The van der Waals surface area contributed by atoms with Crippen LogP contribution >= 0.6 is 7.82 Å². The fourth-order valence-corrected chi connectivity index (χ4v) is 2.87. The van der Waals surface area contributed by atoms with Crippen LogP contribution < -0.4 is 10.3 Å². The number of carbonyl (C=O) groups is 1. The molecule has 0 aromatic carbocycles. The van der Waals surface area contributed by atoms with Gasteiger partial charge in [0.2, 0.25) is 0 Å². The second kappa shape index (κ2) is 7.89. The van der Waals surface area contributed by atoms with Crippen molar-refractivity contribution in [2.24, 2.45) is 16.8 Å². The Morgan fingerprint density at radius 2 is 2.28 bits per heavy atom. The molecule has 0 bridgehead atoms. The molecule has 1 saturated heterocycles. The van der Waals surface area contributed by atoms with Gasteiger partial charge in [-0.1, -0.05) is 5.11 Å². The van der Waals surface area contributed by atoms with Crippen LogP contribution in [0.4, 0.5) is 0 Å². The molecule has 1 aliphatic heterocycles. The molecule has 1 aliphatic rings. The van der Waals surface area contributed by atoms with Crippen molar-refractivity contribution in [1.29, 1.82) is 0 Å². The predicted octanol–water partition coefficient (Wildman–Crippen LogP) is -0.633. The molecule has 0 unspecified atom stereocenters. The third kappa shape index (κ3) is 4.97. The van der Waals surface area contributed by atoms with Crippen molar-refractivity contribution < 1.29 is 38.1 Å². The predicted molar refractivity (Wildman–Crippen MR) is 80.6 cm³/mol. The lowest BCUT2D eigenvalue weighted by molar-refractivity contribution is -0.765. The fraction of sp³-hybridized carbons (Fsp3) is 0.500. The topological polar surface area (TPSA) is 192 Å². The molecule has 12 nitrogen and oxygen atoms in total. The Bertz CT molecular complexity index is 734. The normalized spacial score (nSPS) is 26.2. The van der Waals surface area contributed by atoms with Gasteiger partial charge in [0.05, 0.1) is 18.6 Å². The van der Waals surface area contributed by atoms with Gasteiger partial charge in [-0.15, -0.1) is 0 Å². The lowest BCUT2D eigenvalue weighted by Gasteiger charge is -2.15. The minimum atomic E-state index is -4.74. The number of ether oxygens (including phenoxy) is 1. The van der Waals surface area contributed by atoms with Gasteiger partial charge in [-0.05, 0) is 11.6 Å².